The smallest absolute Gasteiger partial charge is 0.410 e. The van der Waals surface area contributed by atoms with Crippen molar-refractivity contribution in [2.24, 2.45) is 5.73 Å². The van der Waals surface area contributed by atoms with Crippen LogP contribution in [0.4, 0.5) is 4.79 Å². The average molecular weight is 359 g/mol. The van der Waals surface area contributed by atoms with Crippen LogP contribution in [0.5, 0.6) is 0 Å². The molecule has 6 nitrogen and oxygen atoms in total. The van der Waals surface area contributed by atoms with Gasteiger partial charge in [-0.2, -0.15) is 0 Å². The molecule has 0 spiro atoms. The van der Waals surface area contributed by atoms with Gasteiger partial charge in [0.25, 0.3) is 0 Å². The lowest BCUT2D eigenvalue weighted by atomic mass is 9.89. The van der Waals surface area contributed by atoms with Crippen molar-refractivity contribution >= 4 is 29.0 Å². The van der Waals surface area contributed by atoms with Gasteiger partial charge in [-0.05, 0) is 18.4 Å². The number of ether oxygens (including phenoxy) is 1. The first kappa shape index (κ1) is 17.5. The highest BCUT2D eigenvalue weighted by Gasteiger charge is 2.39. The van der Waals surface area contributed by atoms with Gasteiger partial charge in [-0.3, -0.25) is 4.79 Å². The van der Waals surface area contributed by atoms with Crippen LogP contribution in [0.25, 0.3) is 0 Å². The lowest BCUT2D eigenvalue weighted by Crippen LogP contribution is -2.56. The number of hydrogen-bond acceptors (Lipinski definition) is 4. The molecule has 116 valence electrons. The largest absolute Gasteiger partial charge is 0.480 e. The predicted molar refractivity (Wildman–Crippen MR) is 82.3 cm³/mol. The minimum absolute atomic E-state index is 0. The van der Waals surface area contributed by atoms with E-state index in [1.807, 2.05) is 30.3 Å². The zero-order valence-electron chi connectivity index (χ0n) is 11.5. The Labute approximate surface area is 133 Å². The molecule has 1 heterocycles. The van der Waals surface area contributed by atoms with E-state index in [0.29, 0.717) is 13.1 Å². The molecule has 7 heteroatoms. The van der Waals surface area contributed by atoms with E-state index >= 15 is 0 Å². The fourth-order valence-corrected chi connectivity index (χ4v) is 2.11. The number of amides is 1. The molecule has 0 radical (unpaired) electrons. The molecule has 21 heavy (non-hydrogen) atoms. The normalized spacial score (nSPS) is 16.7. The zero-order chi connectivity index (χ0) is 14.6. The SMILES string of the molecule is Br.NC1(C(=O)O)CCN(C(=O)OCc2ccccc2)CC1. The minimum Gasteiger partial charge on any atom is -0.480 e. The third kappa shape index (κ3) is 4.44. The molecular formula is C14H19BrN2O4. The number of piperidine rings is 1. The highest BCUT2D eigenvalue weighted by Crippen LogP contribution is 2.20. The van der Waals surface area contributed by atoms with Crippen LogP contribution in [0.3, 0.4) is 0 Å². The molecule has 2 rings (SSSR count). The van der Waals surface area contributed by atoms with Gasteiger partial charge in [0.1, 0.15) is 12.1 Å². The second-order valence-electron chi connectivity index (χ2n) is 4.99. The van der Waals surface area contributed by atoms with E-state index in [2.05, 4.69) is 0 Å². The molecule has 0 bridgehead atoms. The maximum atomic E-state index is 11.9. The predicted octanol–water partition coefficient (Wildman–Crippen LogP) is 1.78. The Kier molecular flexibility index (Phi) is 6.17. The number of carboxylic acids is 1. The Balaban J connectivity index is 0.00000220. The number of carbonyl (C=O) groups is 2. The van der Waals surface area contributed by atoms with Crippen molar-refractivity contribution in [3.05, 3.63) is 35.9 Å². The number of hydrogen-bond donors (Lipinski definition) is 2. The van der Waals surface area contributed by atoms with E-state index in [0.717, 1.165) is 5.56 Å². The summed E-state index contributed by atoms with van der Waals surface area (Å²) in [5.74, 6) is -1.02. The summed E-state index contributed by atoms with van der Waals surface area (Å²) in [6.45, 7) is 0.815. The number of carbonyl (C=O) groups excluding carboxylic acids is 1. The summed E-state index contributed by atoms with van der Waals surface area (Å²) >= 11 is 0. The van der Waals surface area contributed by atoms with Crippen LogP contribution in [-0.4, -0.2) is 40.7 Å². The maximum Gasteiger partial charge on any atom is 0.410 e. The van der Waals surface area contributed by atoms with Crippen LogP contribution in [0.1, 0.15) is 18.4 Å². The van der Waals surface area contributed by atoms with Gasteiger partial charge in [0.05, 0.1) is 0 Å². The molecule has 1 aliphatic rings. The Morgan fingerprint density at radius 2 is 1.81 bits per heavy atom. The molecule has 3 N–H and O–H groups in total. The molecule has 1 aliphatic heterocycles. The van der Waals surface area contributed by atoms with Gasteiger partial charge in [-0.1, -0.05) is 30.3 Å². The van der Waals surface area contributed by atoms with Crippen LogP contribution >= 0.6 is 17.0 Å². The molecule has 1 saturated heterocycles. The highest BCUT2D eigenvalue weighted by molar-refractivity contribution is 8.93. The summed E-state index contributed by atoms with van der Waals surface area (Å²) in [5.41, 5.74) is 5.44. The van der Waals surface area contributed by atoms with Gasteiger partial charge in [0, 0.05) is 13.1 Å². The summed E-state index contributed by atoms with van der Waals surface area (Å²) < 4.78 is 5.19. The first-order chi connectivity index (χ1) is 9.51. The zero-order valence-corrected chi connectivity index (χ0v) is 13.2. The lowest BCUT2D eigenvalue weighted by Gasteiger charge is -2.35. The minimum atomic E-state index is -1.23. The van der Waals surface area contributed by atoms with E-state index in [-0.39, 0.29) is 36.4 Å². The average Bonchev–Trinajstić information content (AvgIpc) is 2.46. The monoisotopic (exact) mass is 358 g/mol. The molecule has 1 fully saturated rings. The van der Waals surface area contributed by atoms with Gasteiger partial charge in [0.15, 0.2) is 0 Å². The molecule has 0 unspecified atom stereocenters. The molecule has 0 saturated carbocycles. The number of aliphatic carboxylic acids is 1. The van der Waals surface area contributed by atoms with Crippen LogP contribution < -0.4 is 5.73 Å². The van der Waals surface area contributed by atoms with Crippen molar-refractivity contribution in [1.29, 1.82) is 0 Å². The van der Waals surface area contributed by atoms with Gasteiger partial charge >= 0.3 is 12.1 Å². The molecule has 1 amide bonds. The lowest BCUT2D eigenvalue weighted by molar-refractivity contribution is -0.145. The van der Waals surface area contributed by atoms with Crippen molar-refractivity contribution in [2.45, 2.75) is 25.0 Å². The fourth-order valence-electron chi connectivity index (χ4n) is 2.11. The summed E-state index contributed by atoms with van der Waals surface area (Å²) in [5, 5.41) is 9.01. The van der Waals surface area contributed by atoms with Crippen LogP contribution in [0, 0.1) is 0 Å². The standard InChI is InChI=1S/C14H18N2O4.BrH/c15-14(12(17)18)6-8-16(9-7-14)13(19)20-10-11-4-2-1-3-5-11;/h1-5H,6-10,15H2,(H,17,18);1H. The van der Waals surface area contributed by atoms with E-state index in [1.165, 1.54) is 4.90 Å². The number of nitrogens with two attached hydrogens (primary N) is 1. The van der Waals surface area contributed by atoms with Gasteiger partial charge in [0.2, 0.25) is 0 Å². The quantitative estimate of drug-likeness (QED) is 0.858. The third-order valence-electron chi connectivity index (χ3n) is 3.54. The Hall–Kier alpha value is -1.60. The second-order valence-corrected chi connectivity index (χ2v) is 4.99. The summed E-state index contributed by atoms with van der Waals surface area (Å²) in [4.78, 5) is 24.4. The first-order valence-corrected chi connectivity index (χ1v) is 6.49. The molecular weight excluding hydrogens is 340 g/mol. The van der Waals surface area contributed by atoms with Crippen molar-refractivity contribution in [3.8, 4) is 0 Å². The van der Waals surface area contributed by atoms with Gasteiger partial charge in [-0.15, -0.1) is 17.0 Å². The number of rotatable bonds is 3. The molecule has 0 atom stereocenters. The first-order valence-electron chi connectivity index (χ1n) is 6.49. The fraction of sp³-hybridized carbons (Fsp3) is 0.429. The number of likely N-dealkylation sites (tertiary alicyclic amines) is 1. The van der Waals surface area contributed by atoms with E-state index < -0.39 is 17.6 Å². The summed E-state index contributed by atoms with van der Waals surface area (Å²) in [7, 11) is 0. The number of nitrogens with zero attached hydrogens (tertiary/aromatic N) is 1. The van der Waals surface area contributed by atoms with Crippen LogP contribution in [-0.2, 0) is 16.1 Å². The molecule has 1 aromatic rings. The van der Waals surface area contributed by atoms with Gasteiger partial charge < -0.3 is 20.5 Å². The van der Waals surface area contributed by atoms with Gasteiger partial charge in [-0.25, -0.2) is 4.79 Å². The van der Waals surface area contributed by atoms with Crippen molar-refractivity contribution < 1.29 is 19.4 Å². The molecule has 0 aromatic heterocycles. The van der Waals surface area contributed by atoms with Crippen molar-refractivity contribution in [2.75, 3.05) is 13.1 Å². The van der Waals surface area contributed by atoms with Crippen molar-refractivity contribution in [1.82, 2.24) is 4.90 Å². The van der Waals surface area contributed by atoms with Crippen LogP contribution in [0.2, 0.25) is 0 Å². The Morgan fingerprint density at radius 3 is 2.33 bits per heavy atom. The topological polar surface area (TPSA) is 92.9 Å². The highest BCUT2D eigenvalue weighted by atomic mass is 79.9. The number of halogens is 1. The van der Waals surface area contributed by atoms with Crippen molar-refractivity contribution in [3.63, 3.8) is 0 Å². The van der Waals surface area contributed by atoms with Crippen LogP contribution in [0.15, 0.2) is 30.3 Å². The Morgan fingerprint density at radius 1 is 1.24 bits per heavy atom. The molecule has 1 aromatic carbocycles. The summed E-state index contributed by atoms with van der Waals surface area (Å²) in [6.07, 6.45) is 0.0484. The number of benzene rings is 1. The molecule has 0 aliphatic carbocycles. The third-order valence-corrected chi connectivity index (χ3v) is 3.54. The van der Waals surface area contributed by atoms with E-state index in [1.54, 1.807) is 0 Å². The summed E-state index contributed by atoms with van der Waals surface area (Å²) in [6, 6.07) is 9.39. The van der Waals surface area contributed by atoms with E-state index in [9.17, 15) is 9.59 Å². The number of carboxylic acid groups (broad SMARTS) is 1. The van der Waals surface area contributed by atoms with E-state index in [4.69, 9.17) is 15.6 Å². The maximum absolute atomic E-state index is 11.9. The second kappa shape index (κ2) is 7.42. The Bertz CT molecular complexity index is 487.